The zero-order valence-electron chi connectivity index (χ0n) is 12.2. The van der Waals surface area contributed by atoms with Crippen LogP contribution in [0.5, 0.6) is 0 Å². The molecule has 1 aliphatic heterocycles. The first-order valence-electron chi connectivity index (χ1n) is 7.31. The Morgan fingerprint density at radius 3 is 2.50 bits per heavy atom. The molecule has 0 bridgehead atoms. The molecule has 22 heavy (non-hydrogen) atoms. The number of aromatic amines is 1. The third-order valence-electron chi connectivity index (χ3n) is 4.35. The number of carbonyl (C=O) groups is 1. The number of hydrogen-bond acceptors (Lipinski definition) is 1. The van der Waals surface area contributed by atoms with Gasteiger partial charge in [-0.05, 0) is 25.8 Å². The van der Waals surface area contributed by atoms with Gasteiger partial charge in [-0.1, -0.05) is 18.2 Å². The summed E-state index contributed by atoms with van der Waals surface area (Å²) >= 11 is 0. The summed E-state index contributed by atoms with van der Waals surface area (Å²) in [5.74, 6) is -1.48. The molecule has 3 nitrogen and oxygen atoms in total. The maximum Gasteiger partial charge on any atom is 0.391 e. The molecule has 6 heteroatoms. The highest BCUT2D eigenvalue weighted by atomic mass is 19.4. The molecule has 1 amide bonds. The van der Waals surface area contributed by atoms with Crippen LogP contribution < -0.4 is 0 Å². The van der Waals surface area contributed by atoms with Crippen molar-refractivity contribution in [2.45, 2.75) is 25.9 Å². The van der Waals surface area contributed by atoms with E-state index in [0.717, 1.165) is 16.6 Å². The Hall–Kier alpha value is -1.98. The average Bonchev–Trinajstić information content (AvgIpc) is 2.81. The molecular weight excluding hydrogens is 293 g/mol. The van der Waals surface area contributed by atoms with E-state index in [4.69, 9.17) is 0 Å². The zero-order valence-corrected chi connectivity index (χ0v) is 12.2. The van der Waals surface area contributed by atoms with Gasteiger partial charge in [-0.3, -0.25) is 4.79 Å². The summed E-state index contributed by atoms with van der Waals surface area (Å²) in [6, 6.07) is 7.47. The van der Waals surface area contributed by atoms with E-state index >= 15 is 0 Å². The lowest BCUT2D eigenvalue weighted by Crippen LogP contribution is -2.42. The standard InChI is InChI=1S/C16H17F3N2O/c1-10-14(12-4-2-3-5-13(12)20-10)15(22)21-8-6-11(7-9-21)16(17,18)19/h2-5,11,20H,6-9H2,1H3. The van der Waals surface area contributed by atoms with Crippen LogP contribution in [0.15, 0.2) is 24.3 Å². The number of aryl methyl sites for hydroxylation is 1. The van der Waals surface area contributed by atoms with E-state index in [2.05, 4.69) is 4.98 Å². The summed E-state index contributed by atoms with van der Waals surface area (Å²) in [7, 11) is 0. The molecule has 2 heterocycles. The molecule has 0 radical (unpaired) electrons. The van der Waals surface area contributed by atoms with Crippen LogP contribution in [0.25, 0.3) is 10.9 Å². The topological polar surface area (TPSA) is 36.1 Å². The first-order chi connectivity index (χ1) is 10.4. The van der Waals surface area contributed by atoms with Crippen molar-refractivity contribution in [3.05, 3.63) is 35.5 Å². The quantitative estimate of drug-likeness (QED) is 0.852. The molecule has 1 N–H and O–H groups in total. The number of amides is 1. The number of piperidine rings is 1. The van der Waals surface area contributed by atoms with E-state index in [0.29, 0.717) is 5.56 Å². The van der Waals surface area contributed by atoms with E-state index in [9.17, 15) is 18.0 Å². The molecule has 0 saturated carbocycles. The molecule has 2 aromatic rings. The molecule has 0 spiro atoms. The second kappa shape index (κ2) is 5.34. The number of para-hydroxylation sites is 1. The molecule has 1 aliphatic rings. The number of likely N-dealkylation sites (tertiary alicyclic amines) is 1. The van der Waals surface area contributed by atoms with Gasteiger partial charge in [0.25, 0.3) is 5.91 Å². The predicted octanol–water partition coefficient (Wildman–Crippen LogP) is 3.89. The van der Waals surface area contributed by atoms with Crippen molar-refractivity contribution in [3.8, 4) is 0 Å². The van der Waals surface area contributed by atoms with Gasteiger partial charge < -0.3 is 9.88 Å². The van der Waals surface area contributed by atoms with Crippen molar-refractivity contribution in [1.29, 1.82) is 0 Å². The molecule has 0 unspecified atom stereocenters. The Balaban J connectivity index is 1.81. The molecule has 1 fully saturated rings. The van der Waals surface area contributed by atoms with Crippen LogP contribution >= 0.6 is 0 Å². The zero-order chi connectivity index (χ0) is 15.9. The second-order valence-electron chi connectivity index (χ2n) is 5.78. The number of nitrogens with one attached hydrogen (secondary N) is 1. The van der Waals surface area contributed by atoms with Crippen LogP contribution in [-0.2, 0) is 0 Å². The lowest BCUT2D eigenvalue weighted by Gasteiger charge is -2.33. The van der Waals surface area contributed by atoms with E-state index in [-0.39, 0.29) is 31.8 Å². The summed E-state index contributed by atoms with van der Waals surface area (Å²) in [5.41, 5.74) is 2.19. The molecule has 1 aromatic carbocycles. The van der Waals surface area contributed by atoms with Crippen LogP contribution in [0.2, 0.25) is 0 Å². The molecule has 0 aliphatic carbocycles. The Bertz CT molecular complexity index is 697. The predicted molar refractivity (Wildman–Crippen MR) is 77.7 cm³/mol. The molecule has 1 saturated heterocycles. The normalized spacial score (nSPS) is 17.2. The van der Waals surface area contributed by atoms with Gasteiger partial charge in [0.2, 0.25) is 0 Å². The fourth-order valence-electron chi connectivity index (χ4n) is 3.12. The fourth-order valence-corrected chi connectivity index (χ4v) is 3.12. The maximum atomic E-state index is 12.7. The molecular formula is C16H17F3N2O. The number of hydrogen-bond donors (Lipinski definition) is 1. The number of fused-ring (bicyclic) bond motifs is 1. The van der Waals surface area contributed by atoms with Gasteiger partial charge in [-0.15, -0.1) is 0 Å². The monoisotopic (exact) mass is 310 g/mol. The highest BCUT2D eigenvalue weighted by Crippen LogP contribution is 2.35. The van der Waals surface area contributed by atoms with Gasteiger partial charge in [0.05, 0.1) is 11.5 Å². The smallest absolute Gasteiger partial charge is 0.358 e. The van der Waals surface area contributed by atoms with Crippen LogP contribution in [0, 0.1) is 12.8 Å². The van der Waals surface area contributed by atoms with Crippen molar-refractivity contribution in [3.63, 3.8) is 0 Å². The van der Waals surface area contributed by atoms with Gasteiger partial charge in [-0.2, -0.15) is 13.2 Å². The number of benzene rings is 1. The van der Waals surface area contributed by atoms with Crippen LogP contribution in [0.1, 0.15) is 28.9 Å². The Labute approximate surface area is 126 Å². The average molecular weight is 310 g/mol. The van der Waals surface area contributed by atoms with Crippen molar-refractivity contribution >= 4 is 16.8 Å². The lowest BCUT2D eigenvalue weighted by atomic mass is 9.95. The van der Waals surface area contributed by atoms with Crippen LogP contribution in [0.3, 0.4) is 0 Å². The number of carbonyl (C=O) groups excluding carboxylic acids is 1. The van der Waals surface area contributed by atoms with Crippen LogP contribution in [-0.4, -0.2) is 35.1 Å². The molecule has 118 valence electrons. The number of halogens is 3. The van der Waals surface area contributed by atoms with Gasteiger partial charge in [-0.25, -0.2) is 0 Å². The Morgan fingerprint density at radius 1 is 1.23 bits per heavy atom. The second-order valence-corrected chi connectivity index (χ2v) is 5.78. The third kappa shape index (κ3) is 2.58. The van der Waals surface area contributed by atoms with E-state index < -0.39 is 12.1 Å². The molecule has 3 rings (SSSR count). The highest BCUT2D eigenvalue weighted by molar-refractivity contribution is 6.08. The maximum absolute atomic E-state index is 12.7. The van der Waals surface area contributed by atoms with Gasteiger partial charge in [0.15, 0.2) is 0 Å². The minimum atomic E-state index is -4.16. The SMILES string of the molecule is Cc1[nH]c2ccccc2c1C(=O)N1CCC(C(F)(F)F)CC1. The van der Waals surface area contributed by atoms with Crippen molar-refractivity contribution in [2.75, 3.05) is 13.1 Å². The molecule has 1 aromatic heterocycles. The summed E-state index contributed by atoms with van der Waals surface area (Å²) < 4.78 is 38.1. The Kier molecular flexibility index (Phi) is 3.62. The van der Waals surface area contributed by atoms with Crippen LogP contribution in [0.4, 0.5) is 13.2 Å². The minimum Gasteiger partial charge on any atom is -0.358 e. The summed E-state index contributed by atoms with van der Waals surface area (Å²) in [6.07, 6.45) is -4.20. The minimum absolute atomic E-state index is 0.0172. The molecule has 0 atom stereocenters. The number of alkyl halides is 3. The highest BCUT2D eigenvalue weighted by Gasteiger charge is 2.42. The van der Waals surface area contributed by atoms with Crippen molar-refractivity contribution in [1.82, 2.24) is 9.88 Å². The lowest BCUT2D eigenvalue weighted by molar-refractivity contribution is -0.183. The van der Waals surface area contributed by atoms with Gasteiger partial charge in [0.1, 0.15) is 0 Å². The van der Waals surface area contributed by atoms with E-state index in [1.807, 2.05) is 31.2 Å². The number of rotatable bonds is 1. The van der Waals surface area contributed by atoms with Gasteiger partial charge >= 0.3 is 6.18 Å². The number of nitrogens with zero attached hydrogens (tertiary/aromatic N) is 1. The van der Waals surface area contributed by atoms with Crippen molar-refractivity contribution < 1.29 is 18.0 Å². The summed E-state index contributed by atoms with van der Waals surface area (Å²) in [4.78, 5) is 17.4. The Morgan fingerprint density at radius 2 is 1.86 bits per heavy atom. The van der Waals surface area contributed by atoms with Gasteiger partial charge in [0, 0.05) is 29.7 Å². The van der Waals surface area contributed by atoms with E-state index in [1.165, 1.54) is 4.90 Å². The number of H-pyrrole nitrogens is 1. The summed E-state index contributed by atoms with van der Waals surface area (Å²) in [5, 5.41) is 0.822. The number of aromatic nitrogens is 1. The van der Waals surface area contributed by atoms with Crippen molar-refractivity contribution in [2.24, 2.45) is 5.92 Å². The van der Waals surface area contributed by atoms with E-state index in [1.54, 1.807) is 0 Å². The summed E-state index contributed by atoms with van der Waals surface area (Å²) in [6.45, 7) is 2.12. The first-order valence-corrected chi connectivity index (χ1v) is 7.31. The third-order valence-corrected chi connectivity index (χ3v) is 4.35. The first kappa shape index (κ1) is 14.9. The fraction of sp³-hybridized carbons (Fsp3) is 0.438. The largest absolute Gasteiger partial charge is 0.391 e.